The Morgan fingerprint density at radius 3 is 2.15 bits per heavy atom. The number of rotatable bonds is 0. The number of pyridine rings is 1. The lowest BCUT2D eigenvalue weighted by Gasteiger charge is -2.04. The van der Waals surface area contributed by atoms with Gasteiger partial charge >= 0.3 is 6.18 Å². The molecule has 1 aromatic heterocycles. The summed E-state index contributed by atoms with van der Waals surface area (Å²) in [5.41, 5.74) is 3.82. The fourth-order valence-electron chi connectivity index (χ4n) is 1.11. The van der Waals surface area contributed by atoms with Gasteiger partial charge in [0, 0.05) is 12.3 Å². The van der Waals surface area contributed by atoms with Crippen molar-refractivity contribution in [3.05, 3.63) is 53.9 Å². The molecule has 0 spiro atoms. The number of benzene rings is 1. The molecule has 0 radical (unpaired) electrons. The van der Waals surface area contributed by atoms with E-state index in [0.717, 1.165) is 18.3 Å². The van der Waals surface area contributed by atoms with Crippen LogP contribution >= 0.6 is 0 Å². The van der Waals surface area contributed by atoms with Gasteiger partial charge in [0.25, 0.3) is 0 Å². The van der Waals surface area contributed by atoms with Gasteiger partial charge in [0.2, 0.25) is 5.95 Å². The standard InChI is InChI=1S/C6H3F4N.C6H6FNO/c7-5-4(6(8,9)10)2-1-3-11-5;7-5-3-4(9)1-2-6(5)8/h1-3H;1-3,9H,8H2. The molecule has 0 saturated carbocycles. The number of hydrogen-bond donors (Lipinski definition) is 2. The van der Waals surface area contributed by atoms with Gasteiger partial charge in [0.1, 0.15) is 17.1 Å². The zero-order chi connectivity index (χ0) is 15.3. The van der Waals surface area contributed by atoms with E-state index in [9.17, 15) is 22.0 Å². The number of nitrogens with two attached hydrogens (primary N) is 1. The summed E-state index contributed by atoms with van der Waals surface area (Å²) < 4.78 is 59.9. The molecule has 0 aliphatic heterocycles. The van der Waals surface area contributed by atoms with Gasteiger partial charge in [0.05, 0.1) is 5.69 Å². The maximum absolute atomic E-state index is 12.3. The molecule has 0 unspecified atom stereocenters. The van der Waals surface area contributed by atoms with Gasteiger partial charge in [0.15, 0.2) is 0 Å². The van der Waals surface area contributed by atoms with Crippen LogP contribution in [0.3, 0.4) is 0 Å². The fourth-order valence-corrected chi connectivity index (χ4v) is 1.11. The molecule has 2 rings (SSSR count). The number of alkyl halides is 3. The van der Waals surface area contributed by atoms with Crippen LogP contribution in [0.4, 0.5) is 27.6 Å². The summed E-state index contributed by atoms with van der Waals surface area (Å²) in [6.45, 7) is 0. The molecule has 0 aliphatic rings. The second-order valence-corrected chi connectivity index (χ2v) is 3.55. The lowest BCUT2D eigenvalue weighted by molar-refractivity contribution is -0.140. The molecule has 3 nitrogen and oxygen atoms in total. The number of halogens is 5. The van der Waals surface area contributed by atoms with Gasteiger partial charge in [-0.3, -0.25) is 0 Å². The molecule has 2 aromatic rings. The Hall–Kier alpha value is -2.38. The van der Waals surface area contributed by atoms with Crippen molar-refractivity contribution in [1.29, 1.82) is 0 Å². The highest BCUT2D eigenvalue weighted by Crippen LogP contribution is 2.29. The summed E-state index contributed by atoms with van der Waals surface area (Å²) in [5, 5.41) is 8.64. The summed E-state index contributed by atoms with van der Waals surface area (Å²) in [7, 11) is 0. The molecule has 0 fully saturated rings. The third-order valence-corrected chi connectivity index (χ3v) is 2.05. The van der Waals surface area contributed by atoms with E-state index in [4.69, 9.17) is 10.8 Å². The normalized spacial score (nSPS) is 10.7. The van der Waals surface area contributed by atoms with Crippen LogP contribution in [0.1, 0.15) is 5.56 Å². The first-order chi connectivity index (χ1) is 9.21. The Morgan fingerprint density at radius 1 is 1.10 bits per heavy atom. The highest BCUT2D eigenvalue weighted by molar-refractivity contribution is 5.42. The summed E-state index contributed by atoms with van der Waals surface area (Å²) in [6.07, 6.45) is -3.69. The molecule has 0 amide bonds. The van der Waals surface area contributed by atoms with Crippen LogP contribution in [0.25, 0.3) is 0 Å². The first-order valence-corrected chi connectivity index (χ1v) is 5.13. The second-order valence-electron chi connectivity index (χ2n) is 3.55. The minimum absolute atomic E-state index is 0.0489. The topological polar surface area (TPSA) is 59.1 Å². The van der Waals surface area contributed by atoms with E-state index < -0.39 is 23.5 Å². The van der Waals surface area contributed by atoms with Gasteiger partial charge < -0.3 is 10.8 Å². The molecule has 0 saturated heterocycles. The van der Waals surface area contributed by atoms with E-state index in [1.807, 2.05) is 0 Å². The minimum Gasteiger partial charge on any atom is -0.508 e. The number of nitrogens with zero attached hydrogens (tertiary/aromatic N) is 1. The fraction of sp³-hybridized carbons (Fsp3) is 0.0833. The molecule has 3 N–H and O–H groups in total. The van der Waals surface area contributed by atoms with Crippen LogP contribution in [-0.4, -0.2) is 10.1 Å². The molecule has 108 valence electrons. The maximum Gasteiger partial charge on any atom is 0.420 e. The van der Waals surface area contributed by atoms with Gasteiger partial charge in [-0.15, -0.1) is 0 Å². The third-order valence-electron chi connectivity index (χ3n) is 2.05. The van der Waals surface area contributed by atoms with Crippen molar-refractivity contribution >= 4 is 5.69 Å². The predicted octanol–water partition coefficient (Wildman–Crippen LogP) is 3.35. The molecular weight excluding hydrogens is 283 g/mol. The van der Waals surface area contributed by atoms with Crippen LogP contribution in [0.2, 0.25) is 0 Å². The lowest BCUT2D eigenvalue weighted by atomic mass is 10.3. The highest BCUT2D eigenvalue weighted by atomic mass is 19.4. The van der Waals surface area contributed by atoms with Crippen molar-refractivity contribution in [2.24, 2.45) is 0 Å². The molecule has 0 bridgehead atoms. The minimum atomic E-state index is -4.65. The molecule has 1 heterocycles. The Morgan fingerprint density at radius 2 is 1.75 bits per heavy atom. The van der Waals surface area contributed by atoms with Crippen molar-refractivity contribution in [3.8, 4) is 5.75 Å². The number of phenolic OH excluding ortho intramolecular Hbond substituents is 1. The smallest absolute Gasteiger partial charge is 0.420 e. The van der Waals surface area contributed by atoms with E-state index in [2.05, 4.69) is 4.98 Å². The van der Waals surface area contributed by atoms with E-state index in [1.54, 1.807) is 0 Å². The molecule has 0 aliphatic carbocycles. The Kier molecular flexibility index (Phi) is 4.84. The van der Waals surface area contributed by atoms with Gasteiger partial charge in [-0.2, -0.15) is 17.6 Å². The zero-order valence-electron chi connectivity index (χ0n) is 9.83. The van der Waals surface area contributed by atoms with Gasteiger partial charge in [-0.05, 0) is 24.3 Å². The highest BCUT2D eigenvalue weighted by Gasteiger charge is 2.34. The summed E-state index contributed by atoms with van der Waals surface area (Å²) in [6, 6.07) is 5.28. The van der Waals surface area contributed by atoms with Crippen LogP contribution < -0.4 is 5.73 Å². The van der Waals surface area contributed by atoms with Crippen molar-refractivity contribution < 1.29 is 27.1 Å². The van der Waals surface area contributed by atoms with Crippen LogP contribution in [0, 0.1) is 11.8 Å². The number of anilines is 1. The zero-order valence-corrected chi connectivity index (χ0v) is 9.83. The quantitative estimate of drug-likeness (QED) is 0.339. The monoisotopic (exact) mass is 292 g/mol. The average Bonchev–Trinajstić information content (AvgIpc) is 2.34. The van der Waals surface area contributed by atoms with E-state index in [0.29, 0.717) is 6.07 Å². The van der Waals surface area contributed by atoms with E-state index in [1.165, 1.54) is 12.1 Å². The number of aromatic hydroxyl groups is 1. The van der Waals surface area contributed by atoms with E-state index in [-0.39, 0.29) is 11.4 Å². The molecule has 1 aromatic carbocycles. The van der Waals surface area contributed by atoms with Gasteiger partial charge in [-0.1, -0.05) is 0 Å². The number of phenols is 1. The van der Waals surface area contributed by atoms with E-state index >= 15 is 0 Å². The Balaban J connectivity index is 0.000000204. The predicted molar refractivity (Wildman–Crippen MR) is 61.7 cm³/mol. The SMILES string of the molecule is Fc1ncccc1C(F)(F)F.Nc1ccc(O)cc1F. The van der Waals surface area contributed by atoms with Crippen LogP contribution in [0.5, 0.6) is 5.75 Å². The first-order valence-electron chi connectivity index (χ1n) is 5.13. The molecule has 0 atom stereocenters. The van der Waals surface area contributed by atoms with Crippen molar-refractivity contribution in [1.82, 2.24) is 4.98 Å². The number of aromatic nitrogens is 1. The third kappa shape index (κ3) is 4.38. The Bertz CT molecular complexity index is 586. The summed E-state index contributed by atoms with van der Waals surface area (Å²) >= 11 is 0. The van der Waals surface area contributed by atoms with Crippen molar-refractivity contribution in [2.45, 2.75) is 6.18 Å². The lowest BCUT2D eigenvalue weighted by Crippen LogP contribution is -2.08. The van der Waals surface area contributed by atoms with Crippen LogP contribution in [0.15, 0.2) is 36.5 Å². The molecule has 20 heavy (non-hydrogen) atoms. The summed E-state index contributed by atoms with van der Waals surface area (Å²) in [5.74, 6) is -2.18. The first kappa shape index (κ1) is 15.7. The average molecular weight is 292 g/mol. The van der Waals surface area contributed by atoms with Gasteiger partial charge in [-0.25, -0.2) is 9.37 Å². The Labute approximate surface area is 110 Å². The maximum atomic E-state index is 12.3. The van der Waals surface area contributed by atoms with Crippen LogP contribution in [-0.2, 0) is 6.18 Å². The van der Waals surface area contributed by atoms with Crippen molar-refractivity contribution in [3.63, 3.8) is 0 Å². The van der Waals surface area contributed by atoms with Crippen molar-refractivity contribution in [2.75, 3.05) is 5.73 Å². The molecular formula is C12H9F5N2O. The second kappa shape index (κ2) is 6.18. The summed E-state index contributed by atoms with van der Waals surface area (Å²) in [4.78, 5) is 2.86. The molecule has 8 heteroatoms. The number of hydrogen-bond acceptors (Lipinski definition) is 3. The number of nitrogen functional groups attached to an aromatic ring is 1. The largest absolute Gasteiger partial charge is 0.508 e.